The smallest absolute Gasteiger partial charge is 0.228 e. The standard InChI is InChI=1S/C14H20F2N2O/c1-14(2,3)7-9(8-17)13(19)18-12-5-10(15)4-11(16)6-12/h4-6,9H,7-8,17H2,1-3H3,(H,18,19). The number of carbonyl (C=O) groups excluding carboxylic acids is 1. The summed E-state index contributed by atoms with van der Waals surface area (Å²) in [6.07, 6.45) is 0.604. The topological polar surface area (TPSA) is 55.1 Å². The van der Waals surface area contributed by atoms with Crippen LogP contribution >= 0.6 is 0 Å². The Bertz CT molecular complexity index is 435. The summed E-state index contributed by atoms with van der Waals surface area (Å²) >= 11 is 0. The fourth-order valence-corrected chi connectivity index (χ4v) is 1.89. The molecule has 5 heteroatoms. The van der Waals surface area contributed by atoms with Gasteiger partial charge in [0.05, 0.1) is 5.92 Å². The van der Waals surface area contributed by atoms with E-state index in [9.17, 15) is 13.6 Å². The molecule has 1 amide bonds. The largest absolute Gasteiger partial charge is 0.330 e. The molecule has 1 rings (SSSR count). The highest BCUT2D eigenvalue weighted by Gasteiger charge is 2.23. The average Bonchev–Trinajstić information content (AvgIpc) is 2.22. The summed E-state index contributed by atoms with van der Waals surface area (Å²) in [6.45, 7) is 6.21. The minimum atomic E-state index is -0.726. The Kier molecular flexibility index (Phi) is 5.00. The highest BCUT2D eigenvalue weighted by Crippen LogP contribution is 2.25. The maximum Gasteiger partial charge on any atom is 0.228 e. The molecule has 1 aromatic rings. The van der Waals surface area contributed by atoms with E-state index in [2.05, 4.69) is 5.32 Å². The molecule has 0 aliphatic heterocycles. The molecular weight excluding hydrogens is 250 g/mol. The van der Waals surface area contributed by atoms with Crippen molar-refractivity contribution in [3.05, 3.63) is 29.8 Å². The van der Waals surface area contributed by atoms with E-state index in [1.54, 1.807) is 0 Å². The number of hydrogen-bond acceptors (Lipinski definition) is 2. The average molecular weight is 270 g/mol. The van der Waals surface area contributed by atoms with E-state index < -0.39 is 11.6 Å². The van der Waals surface area contributed by atoms with E-state index >= 15 is 0 Å². The summed E-state index contributed by atoms with van der Waals surface area (Å²) < 4.78 is 26.0. The number of carbonyl (C=O) groups is 1. The van der Waals surface area contributed by atoms with Crippen LogP contribution in [0.15, 0.2) is 18.2 Å². The van der Waals surface area contributed by atoms with Crippen molar-refractivity contribution in [3.8, 4) is 0 Å². The molecule has 1 aromatic carbocycles. The number of anilines is 1. The maximum atomic E-state index is 13.0. The zero-order valence-corrected chi connectivity index (χ0v) is 11.5. The van der Waals surface area contributed by atoms with Gasteiger partial charge in [-0.1, -0.05) is 20.8 Å². The fraction of sp³-hybridized carbons (Fsp3) is 0.500. The van der Waals surface area contributed by atoms with Crippen molar-refractivity contribution in [1.82, 2.24) is 0 Å². The summed E-state index contributed by atoms with van der Waals surface area (Å²) in [6, 6.07) is 2.91. The normalized spacial score (nSPS) is 13.2. The van der Waals surface area contributed by atoms with Gasteiger partial charge in [0.25, 0.3) is 0 Å². The van der Waals surface area contributed by atoms with Crippen LogP contribution in [0.2, 0.25) is 0 Å². The Morgan fingerprint density at radius 1 is 1.26 bits per heavy atom. The van der Waals surface area contributed by atoms with Gasteiger partial charge in [-0.15, -0.1) is 0 Å². The van der Waals surface area contributed by atoms with Gasteiger partial charge in [-0.25, -0.2) is 8.78 Å². The summed E-state index contributed by atoms with van der Waals surface area (Å²) in [5.74, 6) is -2.15. The van der Waals surface area contributed by atoms with E-state index in [4.69, 9.17) is 5.73 Å². The highest BCUT2D eigenvalue weighted by molar-refractivity contribution is 5.92. The van der Waals surface area contributed by atoms with Gasteiger partial charge >= 0.3 is 0 Å². The molecule has 3 N–H and O–H groups in total. The third-order valence-electron chi connectivity index (χ3n) is 2.64. The van der Waals surface area contributed by atoms with Gasteiger partial charge in [-0.05, 0) is 24.0 Å². The summed E-state index contributed by atoms with van der Waals surface area (Å²) in [4.78, 5) is 12.0. The minimum absolute atomic E-state index is 0.0471. The van der Waals surface area contributed by atoms with Crippen LogP contribution < -0.4 is 11.1 Å². The third kappa shape index (κ3) is 5.34. The molecular formula is C14H20F2N2O. The summed E-state index contributed by atoms with van der Waals surface area (Å²) in [5.41, 5.74) is 5.64. The highest BCUT2D eigenvalue weighted by atomic mass is 19.1. The van der Waals surface area contributed by atoms with Gasteiger partial charge in [-0.3, -0.25) is 4.79 Å². The lowest BCUT2D eigenvalue weighted by atomic mass is 9.84. The molecule has 0 aromatic heterocycles. The Morgan fingerprint density at radius 2 is 1.79 bits per heavy atom. The van der Waals surface area contributed by atoms with Gasteiger partial charge in [-0.2, -0.15) is 0 Å². The van der Waals surface area contributed by atoms with E-state index in [0.717, 1.165) is 18.2 Å². The SMILES string of the molecule is CC(C)(C)CC(CN)C(=O)Nc1cc(F)cc(F)c1. The number of halogens is 2. The Morgan fingerprint density at radius 3 is 2.21 bits per heavy atom. The number of amides is 1. The van der Waals surface area contributed by atoms with Gasteiger partial charge in [0.15, 0.2) is 0 Å². The van der Waals surface area contributed by atoms with Crippen molar-refractivity contribution < 1.29 is 13.6 Å². The lowest BCUT2D eigenvalue weighted by Gasteiger charge is -2.24. The fourth-order valence-electron chi connectivity index (χ4n) is 1.89. The molecule has 0 saturated carbocycles. The van der Waals surface area contributed by atoms with Crippen LogP contribution in [0.5, 0.6) is 0 Å². The predicted octanol–water partition coefficient (Wildman–Crippen LogP) is 2.91. The van der Waals surface area contributed by atoms with Crippen molar-refractivity contribution in [2.24, 2.45) is 17.1 Å². The molecule has 0 radical (unpaired) electrons. The minimum Gasteiger partial charge on any atom is -0.330 e. The van der Waals surface area contributed by atoms with Crippen molar-refractivity contribution in [2.75, 3.05) is 11.9 Å². The Hall–Kier alpha value is -1.49. The molecule has 19 heavy (non-hydrogen) atoms. The monoisotopic (exact) mass is 270 g/mol. The van der Waals surface area contributed by atoms with E-state index in [1.165, 1.54) is 0 Å². The van der Waals surface area contributed by atoms with Crippen LogP contribution in [0.25, 0.3) is 0 Å². The molecule has 1 atom stereocenters. The Balaban J connectivity index is 2.77. The molecule has 0 aliphatic carbocycles. The van der Waals surface area contributed by atoms with E-state index in [0.29, 0.717) is 6.42 Å². The van der Waals surface area contributed by atoms with Gasteiger partial charge < -0.3 is 11.1 Å². The third-order valence-corrected chi connectivity index (χ3v) is 2.64. The van der Waals surface area contributed by atoms with Crippen LogP contribution in [0.1, 0.15) is 27.2 Å². The van der Waals surface area contributed by atoms with Crippen LogP contribution in [-0.4, -0.2) is 12.5 Å². The molecule has 0 saturated heterocycles. The zero-order valence-electron chi connectivity index (χ0n) is 11.5. The van der Waals surface area contributed by atoms with Crippen LogP contribution in [-0.2, 0) is 4.79 Å². The van der Waals surface area contributed by atoms with E-state index in [1.807, 2.05) is 20.8 Å². The molecule has 1 unspecified atom stereocenters. The van der Waals surface area contributed by atoms with Gasteiger partial charge in [0, 0.05) is 18.3 Å². The lowest BCUT2D eigenvalue weighted by molar-refractivity contribution is -0.120. The molecule has 0 spiro atoms. The Labute approximate surface area is 112 Å². The van der Waals surface area contributed by atoms with Gasteiger partial charge in [0.2, 0.25) is 5.91 Å². The molecule has 0 aliphatic rings. The first kappa shape index (κ1) is 15.6. The van der Waals surface area contributed by atoms with Crippen molar-refractivity contribution in [1.29, 1.82) is 0 Å². The second-order valence-electron chi connectivity index (χ2n) is 5.84. The van der Waals surface area contributed by atoms with Crippen LogP contribution in [0.4, 0.5) is 14.5 Å². The molecule has 3 nitrogen and oxygen atoms in total. The molecule has 0 bridgehead atoms. The second kappa shape index (κ2) is 6.10. The van der Waals surface area contributed by atoms with Crippen LogP contribution in [0, 0.1) is 23.0 Å². The van der Waals surface area contributed by atoms with Crippen LogP contribution in [0.3, 0.4) is 0 Å². The molecule has 0 heterocycles. The zero-order chi connectivity index (χ0) is 14.6. The van der Waals surface area contributed by atoms with E-state index in [-0.39, 0.29) is 29.5 Å². The van der Waals surface area contributed by atoms with Crippen molar-refractivity contribution in [3.63, 3.8) is 0 Å². The number of nitrogens with one attached hydrogen (secondary N) is 1. The number of benzene rings is 1. The van der Waals surface area contributed by atoms with Crippen molar-refractivity contribution >= 4 is 11.6 Å². The number of nitrogens with two attached hydrogens (primary N) is 1. The first-order valence-electron chi connectivity index (χ1n) is 6.18. The summed E-state index contributed by atoms with van der Waals surface area (Å²) in [5, 5.41) is 2.50. The maximum absolute atomic E-state index is 13.0. The number of hydrogen-bond donors (Lipinski definition) is 2. The molecule has 0 fully saturated rings. The quantitative estimate of drug-likeness (QED) is 0.883. The van der Waals surface area contributed by atoms with Gasteiger partial charge in [0.1, 0.15) is 11.6 Å². The lowest BCUT2D eigenvalue weighted by Crippen LogP contribution is -2.32. The molecule has 106 valence electrons. The predicted molar refractivity (Wildman–Crippen MR) is 71.6 cm³/mol. The number of rotatable bonds is 4. The van der Waals surface area contributed by atoms with Crippen molar-refractivity contribution in [2.45, 2.75) is 27.2 Å². The summed E-state index contributed by atoms with van der Waals surface area (Å²) in [7, 11) is 0. The second-order valence-corrected chi connectivity index (χ2v) is 5.84. The first-order valence-corrected chi connectivity index (χ1v) is 6.18. The first-order chi connectivity index (χ1) is 8.71.